The number of benzene rings is 1. The molecule has 0 unspecified atom stereocenters. The van der Waals surface area contributed by atoms with E-state index < -0.39 is 0 Å². The van der Waals surface area contributed by atoms with Crippen LogP contribution in [0.2, 0.25) is 0 Å². The Morgan fingerprint density at radius 1 is 1.06 bits per heavy atom. The van der Waals surface area contributed by atoms with E-state index in [0.29, 0.717) is 5.82 Å². The van der Waals surface area contributed by atoms with Crippen LogP contribution < -0.4 is 16.0 Å². The number of carbonyl (C=O) groups excluding carboxylic acids is 1. The average Bonchev–Trinajstić information content (AvgIpc) is 3.58. The molecule has 3 aromatic rings. The third-order valence-electron chi connectivity index (χ3n) is 7.07. The Balaban J connectivity index is 1.43. The van der Waals surface area contributed by atoms with E-state index in [-0.39, 0.29) is 17.9 Å². The van der Waals surface area contributed by atoms with E-state index in [1.807, 2.05) is 12.1 Å². The molecule has 3 aliphatic rings. The number of nitrogens with zero attached hydrogens (tertiary/aromatic N) is 3. The molecule has 2 aliphatic carbocycles. The molecule has 0 spiro atoms. The first-order chi connectivity index (χ1) is 15.7. The summed E-state index contributed by atoms with van der Waals surface area (Å²) in [5.41, 5.74) is 13.5. The summed E-state index contributed by atoms with van der Waals surface area (Å²) in [5.74, 6) is 0.859. The zero-order valence-electron chi connectivity index (χ0n) is 18.3. The fraction of sp³-hybridized carbons (Fsp3) is 0.423. The van der Waals surface area contributed by atoms with Gasteiger partial charge in [-0.3, -0.25) is 9.78 Å². The van der Waals surface area contributed by atoms with Crippen LogP contribution in [0.1, 0.15) is 43.4 Å². The lowest BCUT2D eigenvalue weighted by Crippen LogP contribution is -2.28. The van der Waals surface area contributed by atoms with Crippen molar-refractivity contribution in [3.63, 3.8) is 0 Å². The summed E-state index contributed by atoms with van der Waals surface area (Å²) in [6.45, 7) is 1.91. The minimum Gasteiger partial charge on any atom is -0.369 e. The van der Waals surface area contributed by atoms with Gasteiger partial charge in [-0.15, -0.1) is 0 Å². The number of pyridine rings is 2. The Kier molecular flexibility index (Phi) is 4.83. The average molecular weight is 428 g/mol. The highest BCUT2D eigenvalue weighted by Crippen LogP contribution is 2.39. The number of amides is 1. The maximum absolute atomic E-state index is 12.2. The molecule has 1 saturated carbocycles. The first-order valence-corrected chi connectivity index (χ1v) is 11.9. The van der Waals surface area contributed by atoms with Gasteiger partial charge in [0, 0.05) is 42.3 Å². The Hall–Kier alpha value is -2.99. The van der Waals surface area contributed by atoms with Gasteiger partial charge in [0.1, 0.15) is 5.82 Å². The highest BCUT2D eigenvalue weighted by molar-refractivity contribution is 5.98. The normalized spacial score (nSPS) is 20.4. The highest BCUT2D eigenvalue weighted by Gasteiger charge is 2.30. The van der Waals surface area contributed by atoms with Crippen LogP contribution in [0, 0.1) is 5.92 Å². The van der Waals surface area contributed by atoms with E-state index >= 15 is 0 Å². The minimum atomic E-state index is 0.0802. The quantitative estimate of drug-likeness (QED) is 0.656. The molecule has 2 fully saturated rings. The Labute approximate surface area is 188 Å². The predicted molar refractivity (Wildman–Crippen MR) is 128 cm³/mol. The van der Waals surface area contributed by atoms with Crippen LogP contribution in [0.4, 0.5) is 11.5 Å². The summed E-state index contributed by atoms with van der Waals surface area (Å²) in [4.78, 5) is 24.1. The second-order valence-corrected chi connectivity index (χ2v) is 9.51. The van der Waals surface area contributed by atoms with Crippen LogP contribution in [0.15, 0.2) is 36.5 Å². The van der Waals surface area contributed by atoms with Crippen LogP contribution >= 0.6 is 0 Å². The van der Waals surface area contributed by atoms with Gasteiger partial charge in [-0.2, -0.15) is 0 Å². The Bertz CT molecular complexity index is 1200. The standard InChI is InChI=1S/C26H29N5O/c27-19-10-12-31(15-19)25-20-3-1-2-4-22(20)29-23-8-7-17(13-21(23)25)18-9-11-28-24(14-18)30-26(32)16-5-6-16/h7-9,11,13-14,16,19H,1-6,10,12,15,27H2,(H,28,30,32)/t19-/m1/s1. The first-order valence-electron chi connectivity index (χ1n) is 11.9. The molecule has 0 radical (unpaired) electrons. The van der Waals surface area contributed by atoms with Gasteiger partial charge in [0.2, 0.25) is 5.91 Å². The number of rotatable bonds is 4. The van der Waals surface area contributed by atoms with Crippen LogP contribution in [-0.4, -0.2) is 35.0 Å². The van der Waals surface area contributed by atoms with Gasteiger partial charge in [0.25, 0.3) is 0 Å². The third kappa shape index (κ3) is 3.62. The van der Waals surface area contributed by atoms with Crippen LogP contribution in [0.25, 0.3) is 22.0 Å². The Morgan fingerprint density at radius 2 is 1.91 bits per heavy atom. The smallest absolute Gasteiger partial charge is 0.228 e. The van der Waals surface area contributed by atoms with Crippen molar-refractivity contribution in [3.05, 3.63) is 47.8 Å². The van der Waals surface area contributed by atoms with Gasteiger partial charge in [-0.25, -0.2) is 4.98 Å². The van der Waals surface area contributed by atoms with E-state index in [0.717, 1.165) is 61.8 Å². The van der Waals surface area contributed by atoms with Gasteiger partial charge in [0.05, 0.1) is 11.2 Å². The molecular formula is C26H29N5O. The fourth-order valence-electron chi connectivity index (χ4n) is 5.18. The summed E-state index contributed by atoms with van der Waals surface area (Å²) in [6, 6.07) is 10.7. The molecule has 6 rings (SSSR count). The molecular weight excluding hydrogens is 398 g/mol. The van der Waals surface area contributed by atoms with Crippen molar-refractivity contribution < 1.29 is 4.79 Å². The summed E-state index contributed by atoms with van der Waals surface area (Å²) < 4.78 is 0. The van der Waals surface area contributed by atoms with Gasteiger partial charge in [-0.05, 0) is 85.9 Å². The molecule has 1 aromatic carbocycles. The second kappa shape index (κ2) is 7.85. The van der Waals surface area contributed by atoms with Crippen molar-refractivity contribution in [1.29, 1.82) is 0 Å². The van der Waals surface area contributed by atoms with Crippen molar-refractivity contribution in [1.82, 2.24) is 9.97 Å². The molecule has 164 valence electrons. The van der Waals surface area contributed by atoms with E-state index in [1.54, 1.807) is 6.20 Å². The van der Waals surface area contributed by atoms with Crippen molar-refractivity contribution in [3.8, 4) is 11.1 Å². The van der Waals surface area contributed by atoms with Crippen LogP contribution in [-0.2, 0) is 17.6 Å². The molecule has 3 heterocycles. The minimum absolute atomic E-state index is 0.0802. The number of hydrogen-bond acceptors (Lipinski definition) is 5. The van der Waals surface area contributed by atoms with Crippen molar-refractivity contribution in [2.75, 3.05) is 23.3 Å². The van der Waals surface area contributed by atoms with Gasteiger partial charge < -0.3 is 16.0 Å². The van der Waals surface area contributed by atoms with Crippen molar-refractivity contribution >= 4 is 28.3 Å². The number of aryl methyl sites for hydroxylation is 1. The number of nitrogens with one attached hydrogen (secondary N) is 1. The topological polar surface area (TPSA) is 84.1 Å². The number of aromatic nitrogens is 2. The first kappa shape index (κ1) is 19.7. The summed E-state index contributed by atoms with van der Waals surface area (Å²) in [5, 5.41) is 4.17. The lowest BCUT2D eigenvalue weighted by atomic mass is 9.91. The zero-order valence-corrected chi connectivity index (χ0v) is 18.3. The number of carbonyl (C=O) groups is 1. The van der Waals surface area contributed by atoms with Crippen LogP contribution in [0.3, 0.4) is 0 Å². The van der Waals surface area contributed by atoms with Gasteiger partial charge in [-0.1, -0.05) is 6.07 Å². The van der Waals surface area contributed by atoms with Gasteiger partial charge >= 0.3 is 0 Å². The largest absolute Gasteiger partial charge is 0.369 e. The molecule has 0 bridgehead atoms. The molecule has 1 saturated heterocycles. The third-order valence-corrected chi connectivity index (χ3v) is 7.07. The predicted octanol–water partition coefficient (Wildman–Crippen LogP) is 4.06. The maximum Gasteiger partial charge on any atom is 0.228 e. The number of hydrogen-bond donors (Lipinski definition) is 2. The highest BCUT2D eigenvalue weighted by atomic mass is 16.2. The monoisotopic (exact) mass is 427 g/mol. The van der Waals surface area contributed by atoms with Crippen LogP contribution in [0.5, 0.6) is 0 Å². The van der Waals surface area contributed by atoms with E-state index in [2.05, 4.69) is 33.4 Å². The SMILES string of the molecule is N[C@@H]1CCN(c2c3c(nc4ccc(-c5ccnc(NC(=O)C6CC6)c5)cc24)CCCC3)C1. The van der Waals surface area contributed by atoms with Crippen molar-refractivity contribution in [2.24, 2.45) is 11.7 Å². The van der Waals surface area contributed by atoms with Crippen molar-refractivity contribution in [2.45, 2.75) is 51.0 Å². The lowest BCUT2D eigenvalue weighted by Gasteiger charge is -2.28. The fourth-order valence-corrected chi connectivity index (χ4v) is 5.18. The second-order valence-electron chi connectivity index (χ2n) is 9.51. The summed E-state index contributed by atoms with van der Waals surface area (Å²) >= 11 is 0. The maximum atomic E-state index is 12.2. The van der Waals surface area contributed by atoms with E-state index in [1.165, 1.54) is 35.2 Å². The molecule has 6 heteroatoms. The summed E-state index contributed by atoms with van der Waals surface area (Å²) in [7, 11) is 0. The van der Waals surface area contributed by atoms with E-state index in [4.69, 9.17) is 10.7 Å². The Morgan fingerprint density at radius 3 is 2.72 bits per heavy atom. The van der Waals surface area contributed by atoms with E-state index in [9.17, 15) is 4.79 Å². The van der Waals surface area contributed by atoms with Gasteiger partial charge in [0.15, 0.2) is 0 Å². The molecule has 1 aliphatic heterocycles. The molecule has 1 atom stereocenters. The number of anilines is 2. The molecule has 1 amide bonds. The molecule has 2 aromatic heterocycles. The zero-order chi connectivity index (χ0) is 21.7. The molecule has 3 N–H and O–H groups in total. The number of nitrogens with two attached hydrogens (primary N) is 1. The number of fused-ring (bicyclic) bond motifs is 2. The molecule has 32 heavy (non-hydrogen) atoms. The molecule has 6 nitrogen and oxygen atoms in total. The summed E-state index contributed by atoms with van der Waals surface area (Å²) in [6.07, 6.45) is 9.37. The lowest BCUT2D eigenvalue weighted by molar-refractivity contribution is -0.117.